The Morgan fingerprint density at radius 3 is 1.67 bits per heavy atom. The highest BCUT2D eigenvalue weighted by Gasteiger charge is 1.85. The van der Waals surface area contributed by atoms with Crippen LogP contribution in [0, 0.1) is 0 Å². The van der Waals surface area contributed by atoms with E-state index in [2.05, 4.69) is 33.0 Å². The van der Waals surface area contributed by atoms with Crippen molar-refractivity contribution in [3.05, 3.63) is 0 Å². The van der Waals surface area contributed by atoms with Gasteiger partial charge < -0.3 is 11.1 Å². The third-order valence-corrected chi connectivity index (χ3v) is 3.16. The Balaban J connectivity index is -0.000000200. The van der Waals surface area contributed by atoms with E-state index in [0.29, 0.717) is 0 Å². The molecule has 4 heteroatoms. The second-order valence-electron chi connectivity index (χ2n) is 2.95. The molecule has 0 aliphatic carbocycles. The van der Waals surface area contributed by atoms with E-state index in [-0.39, 0.29) is 0 Å². The van der Waals surface area contributed by atoms with Crippen molar-refractivity contribution in [2.75, 3.05) is 31.6 Å². The summed E-state index contributed by atoms with van der Waals surface area (Å²) in [5.41, 5.74) is 5.29. The maximum absolute atomic E-state index is 5.29. The summed E-state index contributed by atoms with van der Waals surface area (Å²) in [5.74, 6) is 2.23. The van der Waals surface area contributed by atoms with E-state index in [0.717, 1.165) is 18.8 Å². The van der Waals surface area contributed by atoms with Gasteiger partial charge in [-0.1, -0.05) is 62.1 Å². The van der Waals surface area contributed by atoms with E-state index in [1.54, 1.807) is 0 Å². The second-order valence-corrected chi connectivity index (χ2v) is 5.65. The first-order valence-electron chi connectivity index (χ1n) is 5.83. The highest BCUT2D eigenvalue weighted by Crippen LogP contribution is 2.18. The van der Waals surface area contributed by atoms with E-state index in [1.807, 2.05) is 28.6 Å². The van der Waals surface area contributed by atoms with Crippen molar-refractivity contribution in [2.45, 2.75) is 40.5 Å². The molecule has 0 spiro atoms. The molecule has 96 valence electrons. The Labute approximate surface area is 105 Å². The van der Waals surface area contributed by atoms with Gasteiger partial charge in [-0.25, -0.2) is 0 Å². The van der Waals surface area contributed by atoms with Gasteiger partial charge in [-0.05, 0) is 7.05 Å². The fourth-order valence-electron chi connectivity index (χ4n) is 0.310. The van der Waals surface area contributed by atoms with Gasteiger partial charge in [0.05, 0.1) is 0 Å². The zero-order chi connectivity index (χ0) is 12.4. The Morgan fingerprint density at radius 2 is 1.33 bits per heavy atom. The molecular weight excluding hydrogens is 224 g/mol. The molecule has 0 radical (unpaired) electrons. The number of nitrogens with one attached hydrogen (secondary N) is 1. The Bertz CT molecular complexity index is 65.6. The first kappa shape index (κ1) is 21.0. The van der Waals surface area contributed by atoms with Gasteiger partial charge in [0.2, 0.25) is 0 Å². The molecule has 0 aromatic heterocycles. The van der Waals surface area contributed by atoms with Crippen LogP contribution < -0.4 is 11.1 Å². The summed E-state index contributed by atoms with van der Waals surface area (Å²) in [5, 5.41) is 3.08. The largest absolute Gasteiger partial charge is 0.330 e. The molecular formula is C11H30N2S2. The summed E-state index contributed by atoms with van der Waals surface area (Å²) < 4.78 is 0. The van der Waals surface area contributed by atoms with Crippen LogP contribution >= 0.6 is 21.6 Å². The van der Waals surface area contributed by atoms with Crippen LogP contribution in [0.4, 0.5) is 0 Å². The van der Waals surface area contributed by atoms with Crippen molar-refractivity contribution >= 4 is 21.6 Å². The lowest BCUT2D eigenvalue weighted by atomic mass is 10.6. The predicted molar refractivity (Wildman–Crippen MR) is 79.8 cm³/mol. The number of hydrogen-bond donors (Lipinski definition) is 2. The minimum atomic E-state index is 0.789. The van der Waals surface area contributed by atoms with E-state index >= 15 is 0 Å². The number of rotatable bonds is 6. The van der Waals surface area contributed by atoms with Crippen LogP contribution in [0.5, 0.6) is 0 Å². The van der Waals surface area contributed by atoms with E-state index in [4.69, 9.17) is 5.73 Å². The average Bonchev–Trinajstić information content (AvgIpc) is 2.20. The van der Waals surface area contributed by atoms with Crippen molar-refractivity contribution in [1.82, 2.24) is 5.32 Å². The molecule has 3 N–H and O–H groups in total. The molecule has 15 heavy (non-hydrogen) atoms. The van der Waals surface area contributed by atoms with Crippen molar-refractivity contribution in [3.8, 4) is 0 Å². The zero-order valence-electron chi connectivity index (χ0n) is 11.1. The van der Waals surface area contributed by atoms with Crippen molar-refractivity contribution < 1.29 is 0 Å². The van der Waals surface area contributed by atoms with Crippen molar-refractivity contribution in [2.24, 2.45) is 5.73 Å². The van der Waals surface area contributed by atoms with Gasteiger partial charge in [0.25, 0.3) is 0 Å². The molecule has 2 nitrogen and oxygen atoms in total. The molecule has 0 bridgehead atoms. The maximum Gasteiger partial charge on any atom is 0.0162 e. The van der Waals surface area contributed by atoms with Crippen LogP contribution in [-0.4, -0.2) is 31.6 Å². The van der Waals surface area contributed by atoms with Gasteiger partial charge in [-0.3, -0.25) is 0 Å². The lowest BCUT2D eigenvalue weighted by Gasteiger charge is -1.97. The highest BCUT2D eigenvalue weighted by atomic mass is 33.1. The monoisotopic (exact) mass is 254 g/mol. The van der Waals surface area contributed by atoms with Crippen LogP contribution in [0.25, 0.3) is 0 Å². The number of nitrogens with two attached hydrogens (primary N) is 1. The van der Waals surface area contributed by atoms with Crippen LogP contribution in [0.15, 0.2) is 0 Å². The van der Waals surface area contributed by atoms with Gasteiger partial charge in [-0.2, -0.15) is 0 Å². The van der Waals surface area contributed by atoms with Crippen LogP contribution in [0.2, 0.25) is 0 Å². The molecule has 0 aliphatic heterocycles. The zero-order valence-corrected chi connectivity index (χ0v) is 12.8. The minimum Gasteiger partial charge on any atom is -0.330 e. The first-order valence-corrected chi connectivity index (χ1v) is 8.32. The van der Waals surface area contributed by atoms with Crippen LogP contribution in [0.1, 0.15) is 40.5 Å². The normalized spacial score (nSPS) is 8.40. The Kier molecular flexibility index (Phi) is 41.0. The predicted octanol–water partition coefficient (Wildman–Crippen LogP) is 3.38. The second kappa shape index (κ2) is 29.3. The van der Waals surface area contributed by atoms with Gasteiger partial charge >= 0.3 is 0 Å². The Morgan fingerprint density at radius 1 is 0.933 bits per heavy atom. The molecule has 0 unspecified atom stereocenters. The summed E-state index contributed by atoms with van der Waals surface area (Å²) >= 11 is 0. The molecule has 0 fully saturated rings. The van der Waals surface area contributed by atoms with Crippen molar-refractivity contribution in [1.29, 1.82) is 0 Å². The molecule has 0 saturated heterocycles. The number of hydrogen-bond acceptors (Lipinski definition) is 4. The van der Waals surface area contributed by atoms with E-state index in [1.165, 1.54) is 18.6 Å². The summed E-state index contributed by atoms with van der Waals surface area (Å²) in [6, 6.07) is 0. The summed E-state index contributed by atoms with van der Waals surface area (Å²) in [7, 11) is 5.69. The molecule has 0 saturated carbocycles. The summed E-state index contributed by atoms with van der Waals surface area (Å²) in [6.45, 7) is 10.4. The standard InChI is InChI=1S/C5H14N2S2.2C3H8/c1-7-3-5-9-8-4-2-6;2*1-3-2/h7H,2-6H2,1H3;2*3H2,1-2H3. The summed E-state index contributed by atoms with van der Waals surface area (Å²) in [6.07, 6.45) is 2.50. The lowest BCUT2D eigenvalue weighted by molar-refractivity contribution is 0.873. The summed E-state index contributed by atoms with van der Waals surface area (Å²) in [4.78, 5) is 0. The van der Waals surface area contributed by atoms with Gasteiger partial charge in [0, 0.05) is 24.6 Å². The van der Waals surface area contributed by atoms with E-state index < -0.39 is 0 Å². The maximum atomic E-state index is 5.29. The third kappa shape index (κ3) is 53.1. The fourth-order valence-corrected chi connectivity index (χ4v) is 2.17. The van der Waals surface area contributed by atoms with Gasteiger partial charge in [0.1, 0.15) is 0 Å². The average molecular weight is 255 g/mol. The first-order chi connectivity index (χ1) is 7.24. The smallest absolute Gasteiger partial charge is 0.0162 e. The molecule has 0 amide bonds. The Hall–Kier alpha value is 0.620. The fraction of sp³-hybridized carbons (Fsp3) is 1.00. The lowest BCUT2D eigenvalue weighted by Crippen LogP contribution is -2.09. The molecule has 0 heterocycles. The minimum absolute atomic E-state index is 0.789. The SMILES string of the molecule is CCC.CCC.CNCCSSCCN. The van der Waals surface area contributed by atoms with Gasteiger partial charge in [0.15, 0.2) is 0 Å². The third-order valence-electron chi connectivity index (χ3n) is 0.720. The van der Waals surface area contributed by atoms with Gasteiger partial charge in [-0.15, -0.1) is 0 Å². The molecule has 0 aromatic rings. The molecule has 0 aliphatic rings. The quantitative estimate of drug-likeness (QED) is 0.563. The topological polar surface area (TPSA) is 38.0 Å². The molecule has 0 rings (SSSR count). The van der Waals surface area contributed by atoms with E-state index in [9.17, 15) is 0 Å². The molecule has 0 aromatic carbocycles. The molecule has 0 atom stereocenters. The highest BCUT2D eigenvalue weighted by molar-refractivity contribution is 8.76. The van der Waals surface area contributed by atoms with Crippen molar-refractivity contribution in [3.63, 3.8) is 0 Å². The van der Waals surface area contributed by atoms with Crippen LogP contribution in [0.3, 0.4) is 0 Å². The van der Waals surface area contributed by atoms with Crippen LogP contribution in [-0.2, 0) is 0 Å².